The number of nitrogens with one attached hydrogen (secondary N) is 1. The second-order valence-electron chi connectivity index (χ2n) is 7.03. The van der Waals surface area contributed by atoms with Crippen LogP contribution in [0.1, 0.15) is 58.6 Å². The van der Waals surface area contributed by atoms with Crippen LogP contribution in [0.15, 0.2) is 18.2 Å². The van der Waals surface area contributed by atoms with E-state index in [-0.39, 0.29) is 0 Å². The molecular weight excluding hydrogens is 280 g/mol. The molecule has 1 atom stereocenters. The van der Waals surface area contributed by atoms with Crippen molar-refractivity contribution in [2.24, 2.45) is 5.41 Å². The summed E-state index contributed by atoms with van der Waals surface area (Å²) in [6.07, 6.45) is 3.64. The van der Waals surface area contributed by atoms with E-state index in [1.54, 1.807) is 0 Å². The van der Waals surface area contributed by atoms with Gasteiger partial charge in [0.1, 0.15) is 0 Å². The quantitative estimate of drug-likeness (QED) is 0.821. The van der Waals surface area contributed by atoms with Crippen LogP contribution >= 0.6 is 11.6 Å². The van der Waals surface area contributed by atoms with Crippen LogP contribution < -0.4 is 10.2 Å². The van der Waals surface area contributed by atoms with Crippen LogP contribution in [-0.2, 0) is 0 Å². The van der Waals surface area contributed by atoms with E-state index in [9.17, 15) is 0 Å². The Morgan fingerprint density at radius 1 is 1.29 bits per heavy atom. The van der Waals surface area contributed by atoms with Gasteiger partial charge < -0.3 is 10.2 Å². The Bertz CT molecular complexity index is 460. The Morgan fingerprint density at radius 2 is 1.95 bits per heavy atom. The van der Waals surface area contributed by atoms with Crippen molar-refractivity contribution in [1.82, 2.24) is 5.32 Å². The lowest BCUT2D eigenvalue weighted by Gasteiger charge is -2.38. The zero-order valence-electron chi connectivity index (χ0n) is 13.9. The summed E-state index contributed by atoms with van der Waals surface area (Å²) in [5.74, 6) is 0. The van der Waals surface area contributed by atoms with Crippen LogP contribution in [0.5, 0.6) is 0 Å². The molecule has 0 spiro atoms. The van der Waals surface area contributed by atoms with Crippen molar-refractivity contribution >= 4 is 17.3 Å². The zero-order chi connectivity index (χ0) is 15.5. The molecule has 1 aliphatic rings. The summed E-state index contributed by atoms with van der Waals surface area (Å²) < 4.78 is 0. The van der Waals surface area contributed by atoms with Gasteiger partial charge in [0.25, 0.3) is 0 Å². The van der Waals surface area contributed by atoms with Crippen molar-refractivity contribution < 1.29 is 0 Å². The SMILES string of the molecule is CCCNC(C)c1ccc(N2CCC(C)(C)CC2)cc1Cl. The van der Waals surface area contributed by atoms with E-state index in [0.717, 1.165) is 31.1 Å². The van der Waals surface area contributed by atoms with E-state index in [0.29, 0.717) is 11.5 Å². The van der Waals surface area contributed by atoms with Crippen LogP contribution in [0.3, 0.4) is 0 Å². The first-order chi connectivity index (χ1) is 9.93. The number of nitrogens with zero attached hydrogens (tertiary/aromatic N) is 1. The fraction of sp³-hybridized carbons (Fsp3) is 0.667. The maximum atomic E-state index is 6.51. The summed E-state index contributed by atoms with van der Waals surface area (Å²) in [7, 11) is 0. The van der Waals surface area contributed by atoms with Crippen LogP contribution in [0, 0.1) is 5.41 Å². The molecule has 3 heteroatoms. The number of piperidine rings is 1. The first-order valence-corrected chi connectivity index (χ1v) is 8.58. The molecule has 1 N–H and O–H groups in total. The van der Waals surface area contributed by atoms with Gasteiger partial charge in [0.15, 0.2) is 0 Å². The maximum absolute atomic E-state index is 6.51. The summed E-state index contributed by atoms with van der Waals surface area (Å²) in [6.45, 7) is 12.4. The monoisotopic (exact) mass is 308 g/mol. The molecule has 1 heterocycles. The third kappa shape index (κ3) is 4.37. The van der Waals surface area contributed by atoms with Gasteiger partial charge in [-0.1, -0.05) is 38.4 Å². The molecule has 2 rings (SSSR count). The molecule has 2 nitrogen and oxygen atoms in total. The van der Waals surface area contributed by atoms with Crippen LogP contribution in [0.25, 0.3) is 0 Å². The predicted octanol–water partition coefficient (Wildman–Crippen LogP) is 5.03. The molecule has 0 bridgehead atoms. The lowest BCUT2D eigenvalue weighted by molar-refractivity contribution is 0.280. The molecule has 1 unspecified atom stereocenters. The van der Waals surface area contributed by atoms with Gasteiger partial charge in [-0.15, -0.1) is 0 Å². The average Bonchev–Trinajstić information content (AvgIpc) is 2.44. The number of anilines is 1. The molecule has 118 valence electrons. The molecule has 1 fully saturated rings. The van der Waals surface area contributed by atoms with Gasteiger partial charge in [0, 0.05) is 29.8 Å². The van der Waals surface area contributed by atoms with Crippen molar-refractivity contribution in [3.8, 4) is 0 Å². The van der Waals surface area contributed by atoms with E-state index in [1.165, 1.54) is 24.1 Å². The van der Waals surface area contributed by atoms with Gasteiger partial charge in [0.05, 0.1) is 0 Å². The van der Waals surface area contributed by atoms with Gasteiger partial charge in [-0.05, 0) is 55.8 Å². The highest BCUT2D eigenvalue weighted by Crippen LogP contribution is 2.34. The smallest absolute Gasteiger partial charge is 0.0474 e. The van der Waals surface area contributed by atoms with Crippen LogP contribution in [0.2, 0.25) is 5.02 Å². The average molecular weight is 309 g/mol. The Kier molecular flexibility index (Phi) is 5.56. The molecule has 1 aromatic carbocycles. The number of hydrogen-bond acceptors (Lipinski definition) is 2. The largest absolute Gasteiger partial charge is 0.371 e. The number of hydrogen-bond donors (Lipinski definition) is 1. The molecule has 21 heavy (non-hydrogen) atoms. The number of rotatable bonds is 5. The van der Waals surface area contributed by atoms with Crippen LogP contribution in [-0.4, -0.2) is 19.6 Å². The van der Waals surface area contributed by atoms with E-state index in [2.05, 4.69) is 56.1 Å². The summed E-state index contributed by atoms with van der Waals surface area (Å²) in [5.41, 5.74) is 2.95. The standard InChI is InChI=1S/C18H29ClN2/c1-5-10-20-14(2)16-7-6-15(13-17(16)19)21-11-8-18(3,4)9-12-21/h6-7,13-14,20H,5,8-12H2,1-4H3. The highest BCUT2D eigenvalue weighted by molar-refractivity contribution is 6.31. The van der Waals surface area contributed by atoms with Crippen molar-refractivity contribution in [2.45, 2.75) is 53.0 Å². The van der Waals surface area contributed by atoms with Crippen molar-refractivity contribution in [1.29, 1.82) is 0 Å². The first kappa shape index (κ1) is 16.6. The summed E-state index contributed by atoms with van der Waals surface area (Å²) >= 11 is 6.51. The molecule has 0 amide bonds. The molecule has 0 saturated carbocycles. The second-order valence-corrected chi connectivity index (χ2v) is 7.44. The Labute approximate surface area is 134 Å². The zero-order valence-corrected chi connectivity index (χ0v) is 14.6. The lowest BCUT2D eigenvalue weighted by atomic mass is 9.82. The molecule has 0 radical (unpaired) electrons. The summed E-state index contributed by atoms with van der Waals surface area (Å²) in [5, 5.41) is 4.38. The van der Waals surface area contributed by atoms with Crippen molar-refractivity contribution in [2.75, 3.05) is 24.5 Å². The first-order valence-electron chi connectivity index (χ1n) is 8.21. The van der Waals surface area contributed by atoms with E-state index < -0.39 is 0 Å². The normalized spacial score (nSPS) is 19.6. The topological polar surface area (TPSA) is 15.3 Å². The highest BCUT2D eigenvalue weighted by atomic mass is 35.5. The second kappa shape index (κ2) is 7.02. The van der Waals surface area contributed by atoms with Crippen molar-refractivity contribution in [3.05, 3.63) is 28.8 Å². The highest BCUT2D eigenvalue weighted by Gasteiger charge is 2.25. The third-order valence-corrected chi connectivity index (χ3v) is 4.96. The fourth-order valence-corrected chi connectivity index (χ4v) is 3.24. The number of halogens is 1. The Morgan fingerprint density at radius 3 is 2.52 bits per heavy atom. The minimum Gasteiger partial charge on any atom is -0.371 e. The molecule has 0 aromatic heterocycles. The maximum Gasteiger partial charge on any atom is 0.0474 e. The minimum absolute atomic E-state index is 0.312. The summed E-state index contributed by atoms with van der Waals surface area (Å²) in [6, 6.07) is 6.86. The molecule has 1 aromatic rings. The lowest BCUT2D eigenvalue weighted by Crippen LogP contribution is -2.37. The van der Waals surface area contributed by atoms with Gasteiger partial charge in [-0.25, -0.2) is 0 Å². The fourth-order valence-electron chi connectivity index (χ4n) is 2.90. The van der Waals surface area contributed by atoms with E-state index >= 15 is 0 Å². The Hall–Kier alpha value is -0.730. The number of benzene rings is 1. The molecular formula is C18H29ClN2. The van der Waals surface area contributed by atoms with E-state index in [1.807, 2.05) is 0 Å². The third-order valence-electron chi connectivity index (χ3n) is 4.63. The minimum atomic E-state index is 0.312. The molecule has 0 aliphatic carbocycles. The van der Waals surface area contributed by atoms with Gasteiger partial charge in [-0.3, -0.25) is 0 Å². The van der Waals surface area contributed by atoms with Crippen LogP contribution in [0.4, 0.5) is 5.69 Å². The molecule has 1 saturated heterocycles. The van der Waals surface area contributed by atoms with Crippen molar-refractivity contribution in [3.63, 3.8) is 0 Å². The predicted molar refractivity (Wildman–Crippen MR) is 93.4 cm³/mol. The van der Waals surface area contributed by atoms with Gasteiger partial charge in [-0.2, -0.15) is 0 Å². The Balaban J connectivity index is 2.05. The summed E-state index contributed by atoms with van der Waals surface area (Å²) in [4.78, 5) is 2.46. The van der Waals surface area contributed by atoms with E-state index in [4.69, 9.17) is 11.6 Å². The van der Waals surface area contributed by atoms with Gasteiger partial charge >= 0.3 is 0 Å². The van der Waals surface area contributed by atoms with Gasteiger partial charge in [0.2, 0.25) is 0 Å². The molecule has 1 aliphatic heterocycles.